The van der Waals surface area contributed by atoms with Crippen LogP contribution in [-0.2, 0) is 10.0 Å². The van der Waals surface area contributed by atoms with Crippen LogP contribution in [0.25, 0.3) is 0 Å². The van der Waals surface area contributed by atoms with Crippen LogP contribution in [-0.4, -0.2) is 13.4 Å². The number of nitrogens with zero attached hydrogens (tertiary/aromatic N) is 1. The van der Waals surface area contributed by atoms with Crippen LogP contribution >= 0.6 is 27.3 Å². The molecule has 0 spiro atoms. The number of benzene rings is 1. The van der Waals surface area contributed by atoms with Crippen LogP contribution in [0.15, 0.2) is 38.5 Å². The van der Waals surface area contributed by atoms with Gasteiger partial charge in [0.2, 0.25) is 0 Å². The van der Waals surface area contributed by atoms with Crippen molar-refractivity contribution < 1.29 is 12.8 Å². The summed E-state index contributed by atoms with van der Waals surface area (Å²) in [5.74, 6) is -0.634. The van der Waals surface area contributed by atoms with Crippen molar-refractivity contribution in [2.75, 3.05) is 4.72 Å². The molecule has 0 unspecified atom stereocenters. The Labute approximate surface area is 110 Å². The van der Waals surface area contributed by atoms with E-state index in [0.29, 0.717) is 4.47 Å². The summed E-state index contributed by atoms with van der Waals surface area (Å²) < 4.78 is 39.8. The maximum Gasteiger partial charge on any atom is 0.266 e. The largest absolute Gasteiger partial charge is 0.266 e. The lowest BCUT2D eigenvalue weighted by Crippen LogP contribution is -2.14. The van der Waals surface area contributed by atoms with Gasteiger partial charge in [0.15, 0.2) is 5.82 Å². The van der Waals surface area contributed by atoms with Crippen molar-refractivity contribution in [1.29, 1.82) is 0 Å². The third-order valence-corrected chi connectivity index (χ3v) is 4.30. The summed E-state index contributed by atoms with van der Waals surface area (Å²) in [6.45, 7) is 0. The van der Waals surface area contributed by atoms with Crippen LogP contribution in [0, 0.1) is 5.82 Å². The highest BCUT2D eigenvalue weighted by atomic mass is 79.9. The molecular formula is C9H6BrFN2O2S2. The number of thiazole rings is 1. The SMILES string of the molecule is O=S(=O)(Nc1cscn1)c1cc(Br)ccc1F. The molecular weight excluding hydrogens is 331 g/mol. The van der Waals surface area contributed by atoms with Crippen molar-refractivity contribution in [2.24, 2.45) is 0 Å². The maximum absolute atomic E-state index is 13.4. The van der Waals surface area contributed by atoms with Crippen LogP contribution in [0.5, 0.6) is 0 Å². The fourth-order valence-electron chi connectivity index (χ4n) is 1.14. The average Bonchev–Trinajstić information content (AvgIpc) is 2.73. The first-order chi connectivity index (χ1) is 7.99. The Kier molecular flexibility index (Phi) is 3.45. The molecule has 0 radical (unpaired) electrons. The van der Waals surface area contributed by atoms with E-state index >= 15 is 0 Å². The lowest BCUT2D eigenvalue weighted by molar-refractivity contribution is 0.570. The maximum atomic E-state index is 13.4. The quantitative estimate of drug-likeness (QED) is 0.937. The van der Waals surface area contributed by atoms with E-state index in [1.54, 1.807) is 0 Å². The Hall–Kier alpha value is -0.990. The highest BCUT2D eigenvalue weighted by molar-refractivity contribution is 9.10. The molecule has 8 heteroatoms. The molecule has 1 heterocycles. The first-order valence-electron chi connectivity index (χ1n) is 4.35. The van der Waals surface area contributed by atoms with Gasteiger partial charge >= 0.3 is 0 Å². The number of anilines is 1. The Morgan fingerprint density at radius 3 is 2.82 bits per heavy atom. The van der Waals surface area contributed by atoms with Crippen LogP contribution in [0.1, 0.15) is 0 Å². The second kappa shape index (κ2) is 4.71. The number of sulfonamides is 1. The van der Waals surface area contributed by atoms with Gasteiger partial charge < -0.3 is 0 Å². The third-order valence-electron chi connectivity index (χ3n) is 1.85. The van der Waals surface area contributed by atoms with Crippen LogP contribution in [0.4, 0.5) is 10.2 Å². The van der Waals surface area contributed by atoms with Crippen molar-refractivity contribution >= 4 is 43.1 Å². The van der Waals surface area contributed by atoms with Gasteiger partial charge in [0.05, 0.1) is 5.51 Å². The van der Waals surface area contributed by atoms with Crippen molar-refractivity contribution in [3.8, 4) is 0 Å². The number of nitrogens with one attached hydrogen (secondary N) is 1. The number of rotatable bonds is 3. The predicted molar refractivity (Wildman–Crippen MR) is 67.0 cm³/mol. The summed E-state index contributed by atoms with van der Waals surface area (Å²) in [5, 5.41) is 1.52. The van der Waals surface area contributed by atoms with E-state index < -0.39 is 20.7 Å². The summed E-state index contributed by atoms with van der Waals surface area (Å²) in [7, 11) is -3.95. The Morgan fingerprint density at radius 1 is 1.41 bits per heavy atom. The smallest absolute Gasteiger partial charge is 0.263 e. The third kappa shape index (κ3) is 2.82. The minimum absolute atomic E-state index is 0.175. The lowest BCUT2D eigenvalue weighted by atomic mass is 10.3. The van der Waals surface area contributed by atoms with Gasteiger partial charge in [0, 0.05) is 9.85 Å². The van der Waals surface area contributed by atoms with E-state index in [9.17, 15) is 12.8 Å². The summed E-state index contributed by atoms with van der Waals surface area (Å²) in [6.07, 6.45) is 0. The van der Waals surface area contributed by atoms with Crippen LogP contribution in [0.2, 0.25) is 0 Å². The van der Waals surface area contributed by atoms with Crippen molar-refractivity contribution in [3.63, 3.8) is 0 Å². The molecule has 1 aromatic heterocycles. The second-order valence-electron chi connectivity index (χ2n) is 3.05. The molecule has 17 heavy (non-hydrogen) atoms. The highest BCUT2D eigenvalue weighted by Gasteiger charge is 2.20. The zero-order chi connectivity index (χ0) is 12.5. The Balaban J connectivity index is 2.41. The molecule has 1 aromatic carbocycles. The molecule has 0 saturated carbocycles. The van der Waals surface area contributed by atoms with E-state index in [4.69, 9.17) is 0 Å². The van der Waals surface area contributed by atoms with Gasteiger partial charge in [-0.25, -0.2) is 17.8 Å². The highest BCUT2D eigenvalue weighted by Crippen LogP contribution is 2.22. The van der Waals surface area contributed by atoms with Gasteiger partial charge in [-0.15, -0.1) is 11.3 Å². The monoisotopic (exact) mass is 336 g/mol. The van der Waals surface area contributed by atoms with E-state index in [1.165, 1.54) is 34.4 Å². The van der Waals surface area contributed by atoms with E-state index in [2.05, 4.69) is 25.6 Å². The molecule has 4 nitrogen and oxygen atoms in total. The summed E-state index contributed by atoms with van der Waals surface area (Å²) in [6, 6.07) is 3.71. The van der Waals surface area contributed by atoms with Crippen LogP contribution < -0.4 is 4.72 Å². The summed E-state index contributed by atoms with van der Waals surface area (Å²) in [4.78, 5) is 3.36. The zero-order valence-electron chi connectivity index (χ0n) is 8.22. The van der Waals surface area contributed by atoms with Crippen molar-refractivity contribution in [2.45, 2.75) is 4.90 Å². The van der Waals surface area contributed by atoms with Gasteiger partial charge in [-0.1, -0.05) is 15.9 Å². The van der Waals surface area contributed by atoms with Gasteiger partial charge in [-0.3, -0.25) is 4.72 Å². The first kappa shape index (κ1) is 12.5. The van der Waals surface area contributed by atoms with E-state index in [-0.39, 0.29) is 5.82 Å². The number of hydrogen-bond donors (Lipinski definition) is 1. The molecule has 0 amide bonds. The van der Waals surface area contributed by atoms with E-state index in [0.717, 1.165) is 6.07 Å². The average molecular weight is 337 g/mol. The Morgan fingerprint density at radius 2 is 2.18 bits per heavy atom. The van der Waals surface area contributed by atoms with Crippen molar-refractivity contribution in [3.05, 3.63) is 39.4 Å². The molecule has 0 fully saturated rings. The molecule has 0 bridgehead atoms. The normalized spacial score (nSPS) is 11.4. The zero-order valence-corrected chi connectivity index (χ0v) is 11.4. The topological polar surface area (TPSA) is 59.1 Å². The second-order valence-corrected chi connectivity index (χ2v) is 6.34. The fourth-order valence-corrected chi connectivity index (χ4v) is 3.31. The van der Waals surface area contributed by atoms with Crippen LogP contribution in [0.3, 0.4) is 0 Å². The van der Waals surface area contributed by atoms with Gasteiger partial charge in [0.25, 0.3) is 10.0 Å². The molecule has 2 aromatic rings. The van der Waals surface area contributed by atoms with E-state index in [1.807, 2.05) is 0 Å². The summed E-state index contributed by atoms with van der Waals surface area (Å²) in [5.41, 5.74) is 1.48. The number of aromatic nitrogens is 1. The molecule has 0 aliphatic rings. The molecule has 1 N–H and O–H groups in total. The standard InChI is InChI=1S/C9H6BrFN2O2S2/c10-6-1-2-7(11)8(3-6)17(14,15)13-9-4-16-5-12-9/h1-5,13H. The molecule has 2 rings (SSSR count). The minimum atomic E-state index is -3.95. The minimum Gasteiger partial charge on any atom is -0.263 e. The first-order valence-corrected chi connectivity index (χ1v) is 7.57. The lowest BCUT2D eigenvalue weighted by Gasteiger charge is -2.06. The van der Waals surface area contributed by atoms with Gasteiger partial charge in [0.1, 0.15) is 10.7 Å². The molecule has 90 valence electrons. The predicted octanol–water partition coefficient (Wildman–Crippen LogP) is 2.85. The summed E-state index contributed by atoms with van der Waals surface area (Å²) >= 11 is 4.34. The Bertz CT molecular complexity index is 628. The fraction of sp³-hybridized carbons (Fsp3) is 0. The molecule has 0 saturated heterocycles. The van der Waals surface area contributed by atoms with Gasteiger partial charge in [-0.05, 0) is 18.2 Å². The number of halogens is 2. The van der Waals surface area contributed by atoms with Crippen molar-refractivity contribution in [1.82, 2.24) is 4.98 Å². The molecule has 0 atom stereocenters. The molecule has 0 aliphatic heterocycles. The number of hydrogen-bond acceptors (Lipinski definition) is 4. The molecule has 0 aliphatic carbocycles. The van der Waals surface area contributed by atoms with Gasteiger partial charge in [-0.2, -0.15) is 0 Å².